The average Bonchev–Trinajstić information content (AvgIpc) is 2.45. The van der Waals surface area contributed by atoms with Crippen molar-refractivity contribution in [3.8, 4) is 11.5 Å². The molecule has 21 heavy (non-hydrogen) atoms. The van der Waals surface area contributed by atoms with Crippen molar-refractivity contribution >= 4 is 0 Å². The van der Waals surface area contributed by atoms with Gasteiger partial charge in [-0.15, -0.1) is 0 Å². The molecule has 1 aliphatic heterocycles. The van der Waals surface area contributed by atoms with Gasteiger partial charge in [0.2, 0.25) is 0 Å². The van der Waals surface area contributed by atoms with Gasteiger partial charge in [0.25, 0.3) is 0 Å². The van der Waals surface area contributed by atoms with Crippen LogP contribution in [0.2, 0.25) is 0 Å². The summed E-state index contributed by atoms with van der Waals surface area (Å²) in [6.07, 6.45) is 1.35. The van der Waals surface area contributed by atoms with Crippen molar-refractivity contribution in [1.29, 1.82) is 0 Å². The van der Waals surface area contributed by atoms with Crippen LogP contribution in [0.4, 0.5) is 0 Å². The normalized spacial score (nSPS) is 22.9. The van der Waals surface area contributed by atoms with Gasteiger partial charge in [-0.25, -0.2) is 0 Å². The number of hydrogen-bond acceptors (Lipinski definition) is 4. The van der Waals surface area contributed by atoms with Crippen LogP contribution in [0, 0.1) is 5.41 Å². The van der Waals surface area contributed by atoms with Crippen LogP contribution >= 0.6 is 0 Å². The summed E-state index contributed by atoms with van der Waals surface area (Å²) in [7, 11) is 3.31. The molecule has 2 atom stereocenters. The topological polar surface area (TPSA) is 39.7 Å². The Morgan fingerprint density at radius 1 is 1.14 bits per heavy atom. The second-order valence-corrected chi connectivity index (χ2v) is 6.78. The van der Waals surface area contributed by atoms with E-state index in [0.717, 1.165) is 36.6 Å². The van der Waals surface area contributed by atoms with E-state index in [1.807, 2.05) is 18.2 Å². The zero-order valence-electron chi connectivity index (χ0n) is 13.7. The lowest BCUT2D eigenvalue weighted by Gasteiger charge is -2.34. The summed E-state index contributed by atoms with van der Waals surface area (Å²) in [4.78, 5) is 0. The fourth-order valence-electron chi connectivity index (χ4n) is 2.76. The van der Waals surface area contributed by atoms with Gasteiger partial charge in [0.05, 0.1) is 26.4 Å². The molecule has 0 radical (unpaired) electrons. The van der Waals surface area contributed by atoms with Crippen LogP contribution in [-0.2, 0) is 4.74 Å². The zero-order valence-corrected chi connectivity index (χ0v) is 13.7. The van der Waals surface area contributed by atoms with E-state index in [1.54, 1.807) is 14.2 Å². The third-order valence-electron chi connectivity index (χ3n) is 3.68. The first kappa shape index (κ1) is 16.1. The quantitative estimate of drug-likeness (QED) is 0.925. The molecule has 0 aromatic heterocycles. The van der Waals surface area contributed by atoms with Crippen LogP contribution in [0.1, 0.15) is 38.9 Å². The molecule has 0 amide bonds. The third kappa shape index (κ3) is 4.35. The summed E-state index contributed by atoms with van der Waals surface area (Å²) < 4.78 is 16.9. The second-order valence-electron chi connectivity index (χ2n) is 6.78. The summed E-state index contributed by atoms with van der Waals surface area (Å²) in [5.41, 5.74) is 1.39. The lowest BCUT2D eigenvalue weighted by molar-refractivity contribution is -0.0553. The third-order valence-corrected chi connectivity index (χ3v) is 3.68. The average molecular weight is 293 g/mol. The van der Waals surface area contributed by atoms with Crippen molar-refractivity contribution in [3.05, 3.63) is 23.8 Å². The van der Waals surface area contributed by atoms with Crippen molar-refractivity contribution in [2.24, 2.45) is 5.41 Å². The van der Waals surface area contributed by atoms with Crippen molar-refractivity contribution < 1.29 is 14.2 Å². The number of hydrogen-bond donors (Lipinski definition) is 1. The molecule has 2 unspecified atom stereocenters. The molecule has 0 spiro atoms. The van der Waals surface area contributed by atoms with E-state index in [1.165, 1.54) is 0 Å². The predicted molar refractivity (Wildman–Crippen MR) is 84.1 cm³/mol. The maximum absolute atomic E-state index is 6.26. The number of rotatable bonds is 4. The highest BCUT2D eigenvalue weighted by atomic mass is 16.5. The van der Waals surface area contributed by atoms with Crippen LogP contribution in [-0.4, -0.2) is 33.4 Å². The van der Waals surface area contributed by atoms with E-state index in [2.05, 4.69) is 26.1 Å². The Morgan fingerprint density at radius 3 is 2.48 bits per heavy atom. The fourth-order valence-corrected chi connectivity index (χ4v) is 2.76. The summed E-state index contributed by atoms with van der Waals surface area (Å²) >= 11 is 0. The van der Waals surface area contributed by atoms with E-state index in [0.29, 0.717) is 0 Å². The Balaban J connectivity index is 2.10. The Hall–Kier alpha value is -1.26. The molecule has 0 saturated carbocycles. The monoisotopic (exact) mass is 293 g/mol. The molecule has 1 aliphatic rings. The van der Waals surface area contributed by atoms with E-state index < -0.39 is 0 Å². The molecule has 0 bridgehead atoms. The van der Waals surface area contributed by atoms with Gasteiger partial charge in [0, 0.05) is 13.1 Å². The van der Waals surface area contributed by atoms with Crippen LogP contribution in [0.25, 0.3) is 0 Å². The van der Waals surface area contributed by atoms with Gasteiger partial charge in [-0.1, -0.05) is 26.8 Å². The lowest BCUT2D eigenvalue weighted by atomic mass is 9.88. The van der Waals surface area contributed by atoms with Crippen molar-refractivity contribution in [1.82, 2.24) is 5.32 Å². The lowest BCUT2D eigenvalue weighted by Crippen LogP contribution is -2.42. The maximum atomic E-state index is 6.26. The van der Waals surface area contributed by atoms with Crippen LogP contribution in [0.5, 0.6) is 11.5 Å². The largest absolute Gasteiger partial charge is 0.493 e. The molecular weight excluding hydrogens is 266 g/mol. The van der Waals surface area contributed by atoms with Crippen molar-refractivity contribution in [2.75, 3.05) is 27.3 Å². The molecule has 1 fully saturated rings. The molecule has 0 aliphatic carbocycles. The number of methoxy groups -OCH3 is 2. The van der Waals surface area contributed by atoms with E-state index >= 15 is 0 Å². The van der Waals surface area contributed by atoms with Crippen LogP contribution in [0.15, 0.2) is 18.2 Å². The highest BCUT2D eigenvalue weighted by Crippen LogP contribution is 2.33. The molecule has 2 rings (SSSR count). The summed E-state index contributed by atoms with van der Waals surface area (Å²) in [5, 5.41) is 3.48. The van der Waals surface area contributed by atoms with Gasteiger partial charge in [-0.2, -0.15) is 0 Å². The minimum absolute atomic E-state index is 0.0610. The Kier molecular flexibility index (Phi) is 5.12. The van der Waals surface area contributed by atoms with Gasteiger partial charge in [0.1, 0.15) is 0 Å². The van der Waals surface area contributed by atoms with E-state index in [4.69, 9.17) is 14.2 Å². The molecule has 1 N–H and O–H groups in total. The Bertz CT molecular complexity index is 468. The van der Waals surface area contributed by atoms with Gasteiger partial charge in [-0.05, 0) is 29.5 Å². The van der Waals surface area contributed by atoms with E-state index in [9.17, 15) is 0 Å². The Morgan fingerprint density at radius 2 is 1.86 bits per heavy atom. The second kappa shape index (κ2) is 6.67. The maximum Gasteiger partial charge on any atom is 0.161 e. The van der Waals surface area contributed by atoms with E-state index in [-0.39, 0.29) is 17.6 Å². The van der Waals surface area contributed by atoms with Gasteiger partial charge in [-0.3, -0.25) is 0 Å². The first-order valence-electron chi connectivity index (χ1n) is 7.51. The molecule has 1 heterocycles. The molecular formula is C17H27NO3. The molecule has 118 valence electrons. The minimum Gasteiger partial charge on any atom is -0.493 e. The molecule has 1 saturated heterocycles. The Labute approximate surface area is 127 Å². The summed E-state index contributed by atoms with van der Waals surface area (Å²) in [6.45, 7) is 8.49. The fraction of sp³-hybridized carbons (Fsp3) is 0.647. The first-order chi connectivity index (χ1) is 9.93. The minimum atomic E-state index is 0.0610. The first-order valence-corrected chi connectivity index (χ1v) is 7.51. The van der Waals surface area contributed by atoms with Gasteiger partial charge >= 0.3 is 0 Å². The van der Waals surface area contributed by atoms with Crippen molar-refractivity contribution in [3.63, 3.8) is 0 Å². The standard InChI is InChI=1S/C17H27NO3/c1-17(2,3)9-13-10-18-11-16(21-13)12-6-7-14(19-4)15(8-12)20-5/h6-8,13,16,18H,9-11H2,1-5H3. The zero-order chi connectivity index (χ0) is 15.5. The molecule has 1 aromatic carbocycles. The molecule has 4 nitrogen and oxygen atoms in total. The molecule has 1 aromatic rings. The van der Waals surface area contributed by atoms with Crippen molar-refractivity contribution in [2.45, 2.75) is 39.4 Å². The molecule has 4 heteroatoms. The van der Waals surface area contributed by atoms with Crippen LogP contribution in [0.3, 0.4) is 0 Å². The summed E-state index contributed by atoms with van der Waals surface area (Å²) in [5.74, 6) is 1.49. The smallest absolute Gasteiger partial charge is 0.161 e. The van der Waals surface area contributed by atoms with Gasteiger partial charge < -0.3 is 19.5 Å². The number of morpholine rings is 1. The summed E-state index contributed by atoms with van der Waals surface area (Å²) in [6, 6.07) is 5.99. The highest BCUT2D eigenvalue weighted by molar-refractivity contribution is 5.43. The van der Waals surface area contributed by atoms with Gasteiger partial charge in [0.15, 0.2) is 11.5 Å². The SMILES string of the molecule is COc1ccc(C2CNCC(CC(C)(C)C)O2)cc1OC. The van der Waals surface area contributed by atoms with Crippen LogP contribution < -0.4 is 14.8 Å². The highest BCUT2D eigenvalue weighted by Gasteiger charge is 2.27. The number of ether oxygens (including phenoxy) is 3. The number of benzene rings is 1. The number of nitrogens with one attached hydrogen (secondary N) is 1. The predicted octanol–water partition coefficient (Wildman–Crippen LogP) is 3.17.